The largest absolute Gasteiger partial charge is 0.318 e. The van der Waals surface area contributed by atoms with Crippen LogP contribution >= 0.6 is 0 Å². The van der Waals surface area contributed by atoms with E-state index in [2.05, 4.69) is 39.8 Å². The molecular formula is C17H30N+. The van der Waals surface area contributed by atoms with E-state index < -0.39 is 12.5 Å². The lowest BCUT2D eigenvalue weighted by molar-refractivity contribution is -0.964. The van der Waals surface area contributed by atoms with E-state index in [4.69, 9.17) is 4.11 Å². The zero-order valence-electron chi connectivity index (χ0n) is 15.9. The minimum atomic E-state index is -2.07. The summed E-state index contributed by atoms with van der Waals surface area (Å²) in [5.41, 5.74) is 1.87. The van der Waals surface area contributed by atoms with Crippen molar-refractivity contribution in [2.45, 2.75) is 59.0 Å². The second kappa shape index (κ2) is 5.05. The zero-order valence-corrected chi connectivity index (χ0v) is 12.9. The van der Waals surface area contributed by atoms with E-state index in [9.17, 15) is 0 Å². The first kappa shape index (κ1) is 11.0. The highest BCUT2D eigenvalue weighted by molar-refractivity contribution is 5.33. The van der Waals surface area contributed by atoms with Gasteiger partial charge in [-0.25, -0.2) is 0 Å². The maximum Gasteiger partial charge on any atom is 0.119 e. The first-order chi connectivity index (χ1) is 9.37. The summed E-state index contributed by atoms with van der Waals surface area (Å²) < 4.78 is 24.3. The standard InChI is InChI=1S/C17H30N/c1-13(2)15-11-9-10-12-16(15)17(5,6)18(7,8)14(3)4/h9-14H,1-8H3/q+1/i7D3. The average Bonchev–Trinajstić information content (AvgIpc) is 2.35. The molecule has 1 heteroatoms. The Labute approximate surface area is 118 Å². The highest BCUT2D eigenvalue weighted by Gasteiger charge is 2.41. The third-order valence-corrected chi connectivity index (χ3v) is 4.44. The van der Waals surface area contributed by atoms with Gasteiger partial charge in [0.1, 0.15) is 5.54 Å². The zero-order chi connectivity index (χ0) is 16.6. The Balaban J connectivity index is 3.59. The molecule has 0 aliphatic rings. The Hall–Kier alpha value is -0.820. The Morgan fingerprint density at radius 1 is 1.11 bits per heavy atom. The topological polar surface area (TPSA) is 0 Å². The van der Waals surface area contributed by atoms with Crippen LogP contribution in [-0.2, 0) is 5.54 Å². The first-order valence-corrected chi connectivity index (χ1v) is 6.83. The maximum atomic E-state index is 8.10. The van der Waals surface area contributed by atoms with Crippen molar-refractivity contribution in [3.05, 3.63) is 35.4 Å². The quantitative estimate of drug-likeness (QED) is 0.690. The lowest BCUT2D eigenvalue weighted by Crippen LogP contribution is -2.58. The van der Waals surface area contributed by atoms with Gasteiger partial charge in [-0.1, -0.05) is 38.1 Å². The van der Waals surface area contributed by atoms with E-state index in [1.54, 1.807) is 0 Å². The molecule has 0 saturated carbocycles. The number of benzene rings is 1. The summed E-state index contributed by atoms with van der Waals surface area (Å²) in [6.45, 7) is 10.3. The summed E-state index contributed by atoms with van der Waals surface area (Å²) in [4.78, 5) is 0. The van der Waals surface area contributed by atoms with Crippen molar-refractivity contribution >= 4 is 0 Å². The van der Waals surface area contributed by atoms with Gasteiger partial charge in [-0.2, -0.15) is 0 Å². The maximum absolute atomic E-state index is 8.10. The van der Waals surface area contributed by atoms with Gasteiger partial charge in [0, 0.05) is 5.56 Å². The van der Waals surface area contributed by atoms with Crippen LogP contribution < -0.4 is 0 Å². The van der Waals surface area contributed by atoms with Crippen molar-refractivity contribution in [2.75, 3.05) is 14.0 Å². The summed E-state index contributed by atoms with van der Waals surface area (Å²) in [7, 11) is 1.86. The number of quaternary nitrogens is 1. The third kappa shape index (κ3) is 2.47. The molecule has 0 aliphatic carbocycles. The SMILES string of the molecule is [2H]C([2H])([2H])[N+](C)(C(C)C)C(C)(C)c1ccccc1C(C)C. The fourth-order valence-electron chi connectivity index (χ4n) is 2.45. The highest BCUT2D eigenvalue weighted by Crippen LogP contribution is 2.38. The summed E-state index contributed by atoms with van der Waals surface area (Å²) in [6, 6.07) is 8.23. The molecular weight excluding hydrogens is 218 g/mol. The van der Waals surface area contributed by atoms with E-state index in [-0.39, 0.29) is 10.5 Å². The Morgan fingerprint density at radius 3 is 2.11 bits per heavy atom. The number of hydrogen-bond donors (Lipinski definition) is 0. The molecule has 1 aromatic carbocycles. The van der Waals surface area contributed by atoms with Crippen molar-refractivity contribution in [3.63, 3.8) is 0 Å². The Bertz CT molecular complexity index is 489. The van der Waals surface area contributed by atoms with Crippen LogP contribution in [0.2, 0.25) is 0 Å². The molecule has 0 fully saturated rings. The van der Waals surface area contributed by atoms with E-state index in [0.29, 0.717) is 5.92 Å². The lowest BCUT2D eigenvalue weighted by atomic mass is 9.82. The van der Waals surface area contributed by atoms with Crippen molar-refractivity contribution < 1.29 is 8.60 Å². The normalized spacial score (nSPS) is 19.3. The first-order valence-electron chi connectivity index (χ1n) is 8.33. The van der Waals surface area contributed by atoms with Gasteiger partial charge in [0.25, 0.3) is 0 Å². The summed E-state index contributed by atoms with van der Waals surface area (Å²) in [5.74, 6) is 0.373. The minimum Gasteiger partial charge on any atom is -0.318 e. The molecule has 1 rings (SSSR count). The second-order valence-electron chi connectivity index (χ2n) is 6.47. The molecule has 0 amide bonds. The molecule has 102 valence electrons. The molecule has 0 bridgehead atoms. The van der Waals surface area contributed by atoms with Crippen LogP contribution in [0.4, 0.5) is 0 Å². The predicted octanol–water partition coefficient (Wildman–Crippen LogP) is 4.53. The Kier molecular flexibility index (Phi) is 3.10. The van der Waals surface area contributed by atoms with Crippen LogP contribution in [0.25, 0.3) is 0 Å². The minimum absolute atomic E-state index is 0.00674. The number of nitrogens with zero attached hydrogens (tertiary/aromatic N) is 1. The summed E-state index contributed by atoms with van der Waals surface area (Å²) in [6.07, 6.45) is 0. The second-order valence-corrected chi connectivity index (χ2v) is 6.47. The molecule has 0 spiro atoms. The fraction of sp³-hybridized carbons (Fsp3) is 0.647. The van der Waals surface area contributed by atoms with E-state index in [1.165, 1.54) is 5.56 Å². The van der Waals surface area contributed by atoms with Crippen LogP contribution in [0, 0.1) is 0 Å². The lowest BCUT2D eigenvalue weighted by Gasteiger charge is -2.49. The molecule has 1 nitrogen and oxygen atoms in total. The van der Waals surface area contributed by atoms with Crippen LogP contribution in [0.15, 0.2) is 24.3 Å². The van der Waals surface area contributed by atoms with E-state index in [1.807, 2.05) is 33.0 Å². The number of rotatable bonds is 4. The van der Waals surface area contributed by atoms with Gasteiger partial charge in [-0.3, -0.25) is 0 Å². The molecule has 0 N–H and O–H groups in total. The summed E-state index contributed by atoms with van der Waals surface area (Å²) in [5, 5.41) is 0. The summed E-state index contributed by atoms with van der Waals surface area (Å²) >= 11 is 0. The monoisotopic (exact) mass is 251 g/mol. The van der Waals surface area contributed by atoms with Gasteiger partial charge in [0.15, 0.2) is 0 Å². The molecule has 18 heavy (non-hydrogen) atoms. The molecule has 0 heterocycles. The fourth-order valence-corrected chi connectivity index (χ4v) is 2.45. The third-order valence-electron chi connectivity index (χ3n) is 4.44. The van der Waals surface area contributed by atoms with Crippen LogP contribution in [0.3, 0.4) is 0 Å². The highest BCUT2D eigenvalue weighted by atomic mass is 15.4. The molecule has 0 aliphatic heterocycles. The van der Waals surface area contributed by atoms with Gasteiger partial charge in [0.2, 0.25) is 0 Å². The molecule has 0 radical (unpaired) electrons. The van der Waals surface area contributed by atoms with Gasteiger partial charge in [-0.15, -0.1) is 0 Å². The smallest absolute Gasteiger partial charge is 0.119 e. The van der Waals surface area contributed by atoms with Crippen molar-refractivity contribution in [2.24, 2.45) is 0 Å². The molecule has 0 aromatic heterocycles. The van der Waals surface area contributed by atoms with Gasteiger partial charge in [0.05, 0.1) is 24.2 Å². The molecule has 1 aromatic rings. The van der Waals surface area contributed by atoms with Gasteiger partial charge < -0.3 is 4.48 Å². The van der Waals surface area contributed by atoms with Crippen molar-refractivity contribution in [1.82, 2.24) is 0 Å². The molecule has 0 saturated heterocycles. The van der Waals surface area contributed by atoms with E-state index in [0.717, 1.165) is 5.56 Å². The average molecular weight is 251 g/mol. The molecule has 1 unspecified atom stereocenters. The van der Waals surface area contributed by atoms with Gasteiger partial charge in [-0.05, 0) is 39.2 Å². The Morgan fingerprint density at radius 2 is 1.67 bits per heavy atom. The van der Waals surface area contributed by atoms with Crippen LogP contribution in [-0.4, -0.2) is 24.5 Å². The molecule has 1 atom stereocenters. The predicted molar refractivity (Wildman–Crippen MR) is 80.8 cm³/mol. The van der Waals surface area contributed by atoms with Crippen molar-refractivity contribution in [3.8, 4) is 0 Å². The van der Waals surface area contributed by atoms with E-state index >= 15 is 0 Å². The van der Waals surface area contributed by atoms with Gasteiger partial charge >= 0.3 is 0 Å². The number of hydrogen-bond acceptors (Lipinski definition) is 0. The van der Waals surface area contributed by atoms with Crippen LogP contribution in [0.1, 0.15) is 62.7 Å². The van der Waals surface area contributed by atoms with Crippen molar-refractivity contribution in [1.29, 1.82) is 0 Å². The van der Waals surface area contributed by atoms with Crippen LogP contribution in [0.5, 0.6) is 0 Å².